The number of rotatable bonds is 9. The molecule has 1 aliphatic heterocycles. The molecule has 0 spiro atoms. The summed E-state index contributed by atoms with van der Waals surface area (Å²) in [5.74, 6) is 1.23. The van der Waals surface area contributed by atoms with Crippen LogP contribution >= 0.6 is 0 Å². The van der Waals surface area contributed by atoms with Crippen molar-refractivity contribution in [2.75, 3.05) is 33.9 Å². The summed E-state index contributed by atoms with van der Waals surface area (Å²) in [6.45, 7) is 2.44. The lowest BCUT2D eigenvalue weighted by molar-refractivity contribution is -0.134. The SMILES string of the molecule is COc1cc(CN2CCNC(=O)[C@H]2CC(=O)NCCC2=CCCCC2)cc(OC)c1. The maximum absolute atomic E-state index is 12.5. The number of nitrogens with one attached hydrogen (secondary N) is 2. The highest BCUT2D eigenvalue weighted by Gasteiger charge is 2.31. The van der Waals surface area contributed by atoms with Crippen LogP contribution in [0.1, 0.15) is 44.1 Å². The lowest BCUT2D eigenvalue weighted by Gasteiger charge is -2.34. The predicted molar refractivity (Wildman–Crippen MR) is 116 cm³/mol. The summed E-state index contributed by atoms with van der Waals surface area (Å²) in [5.41, 5.74) is 2.42. The third kappa shape index (κ3) is 6.23. The van der Waals surface area contributed by atoms with Gasteiger partial charge in [-0.15, -0.1) is 0 Å². The van der Waals surface area contributed by atoms with Crippen molar-refractivity contribution in [2.45, 2.75) is 51.1 Å². The predicted octanol–water partition coefficient (Wildman–Crippen LogP) is 2.40. The first kappa shape index (κ1) is 22.2. The summed E-state index contributed by atoms with van der Waals surface area (Å²) in [4.78, 5) is 27.1. The Morgan fingerprint density at radius 2 is 1.97 bits per heavy atom. The van der Waals surface area contributed by atoms with Gasteiger partial charge in [0.2, 0.25) is 11.8 Å². The monoisotopic (exact) mass is 415 g/mol. The molecule has 0 unspecified atom stereocenters. The molecule has 3 rings (SSSR count). The van der Waals surface area contributed by atoms with E-state index in [2.05, 4.69) is 21.6 Å². The lowest BCUT2D eigenvalue weighted by Crippen LogP contribution is -2.56. The van der Waals surface area contributed by atoms with Crippen LogP contribution in [0, 0.1) is 0 Å². The molecule has 1 aliphatic carbocycles. The smallest absolute Gasteiger partial charge is 0.237 e. The van der Waals surface area contributed by atoms with E-state index in [9.17, 15) is 9.59 Å². The second-order valence-electron chi connectivity index (χ2n) is 7.91. The number of benzene rings is 1. The van der Waals surface area contributed by atoms with E-state index < -0.39 is 6.04 Å². The van der Waals surface area contributed by atoms with Gasteiger partial charge in [-0.05, 0) is 49.8 Å². The minimum atomic E-state index is -0.482. The van der Waals surface area contributed by atoms with Crippen LogP contribution in [0.15, 0.2) is 29.8 Å². The lowest BCUT2D eigenvalue weighted by atomic mass is 9.97. The fourth-order valence-corrected chi connectivity index (χ4v) is 4.11. The second-order valence-corrected chi connectivity index (χ2v) is 7.91. The van der Waals surface area contributed by atoms with Gasteiger partial charge < -0.3 is 20.1 Å². The van der Waals surface area contributed by atoms with Gasteiger partial charge in [0.15, 0.2) is 0 Å². The number of hydrogen-bond acceptors (Lipinski definition) is 5. The molecule has 1 aromatic rings. The van der Waals surface area contributed by atoms with Crippen molar-refractivity contribution < 1.29 is 19.1 Å². The Hall–Kier alpha value is -2.54. The highest BCUT2D eigenvalue weighted by Crippen LogP contribution is 2.25. The molecule has 2 N–H and O–H groups in total. The Morgan fingerprint density at radius 3 is 2.63 bits per heavy atom. The first-order chi connectivity index (χ1) is 14.6. The van der Waals surface area contributed by atoms with Crippen LogP contribution in [0.4, 0.5) is 0 Å². The van der Waals surface area contributed by atoms with Crippen LogP contribution in [0.25, 0.3) is 0 Å². The van der Waals surface area contributed by atoms with E-state index in [1.54, 1.807) is 14.2 Å². The molecule has 1 saturated heterocycles. The van der Waals surface area contributed by atoms with Crippen LogP contribution in [0.2, 0.25) is 0 Å². The zero-order valence-electron chi connectivity index (χ0n) is 18.0. The maximum atomic E-state index is 12.5. The van der Waals surface area contributed by atoms with E-state index in [4.69, 9.17) is 9.47 Å². The van der Waals surface area contributed by atoms with Gasteiger partial charge in [0.25, 0.3) is 0 Å². The molecule has 0 saturated carbocycles. The Kier molecular flexibility index (Phi) is 8.13. The second kappa shape index (κ2) is 11.0. The average molecular weight is 416 g/mol. The van der Waals surface area contributed by atoms with Crippen LogP contribution < -0.4 is 20.1 Å². The van der Waals surface area contributed by atoms with E-state index in [1.165, 1.54) is 18.4 Å². The fourth-order valence-electron chi connectivity index (χ4n) is 4.11. The molecule has 2 amide bonds. The van der Waals surface area contributed by atoms with Gasteiger partial charge in [-0.2, -0.15) is 0 Å². The molecule has 2 aliphatic rings. The van der Waals surface area contributed by atoms with Gasteiger partial charge in [0.1, 0.15) is 11.5 Å². The first-order valence-corrected chi connectivity index (χ1v) is 10.8. The zero-order chi connectivity index (χ0) is 21.3. The van der Waals surface area contributed by atoms with Crippen LogP contribution in [-0.4, -0.2) is 56.6 Å². The number of piperazine rings is 1. The van der Waals surface area contributed by atoms with Gasteiger partial charge in [-0.1, -0.05) is 11.6 Å². The summed E-state index contributed by atoms with van der Waals surface area (Å²) >= 11 is 0. The zero-order valence-corrected chi connectivity index (χ0v) is 18.0. The van der Waals surface area contributed by atoms with Crippen LogP contribution in [0.3, 0.4) is 0 Å². The van der Waals surface area contributed by atoms with E-state index in [-0.39, 0.29) is 18.2 Å². The summed E-state index contributed by atoms with van der Waals surface area (Å²) in [7, 11) is 3.23. The molecule has 1 fully saturated rings. The highest BCUT2D eigenvalue weighted by molar-refractivity contribution is 5.88. The number of hydrogen-bond donors (Lipinski definition) is 2. The molecule has 1 aromatic carbocycles. The molecule has 0 aromatic heterocycles. The number of carbonyl (C=O) groups excluding carboxylic acids is 2. The van der Waals surface area contributed by atoms with Gasteiger partial charge in [0.05, 0.1) is 26.7 Å². The fraction of sp³-hybridized carbons (Fsp3) is 0.565. The van der Waals surface area contributed by atoms with Crippen molar-refractivity contribution in [2.24, 2.45) is 0 Å². The molecule has 1 atom stereocenters. The van der Waals surface area contributed by atoms with Crippen molar-refractivity contribution in [3.8, 4) is 11.5 Å². The normalized spacial score (nSPS) is 19.6. The van der Waals surface area contributed by atoms with E-state index in [0.717, 1.165) is 24.8 Å². The number of methoxy groups -OCH3 is 2. The largest absolute Gasteiger partial charge is 0.497 e. The number of nitrogens with zero attached hydrogens (tertiary/aromatic N) is 1. The maximum Gasteiger partial charge on any atom is 0.237 e. The number of carbonyl (C=O) groups is 2. The Labute approximate surface area is 178 Å². The number of amides is 2. The molecular formula is C23H33N3O4. The third-order valence-electron chi connectivity index (χ3n) is 5.77. The molecule has 30 heavy (non-hydrogen) atoms. The van der Waals surface area contributed by atoms with Gasteiger partial charge in [0, 0.05) is 32.2 Å². The minimum Gasteiger partial charge on any atom is -0.497 e. The summed E-state index contributed by atoms with van der Waals surface area (Å²) in [5, 5.41) is 5.88. The number of allylic oxidation sites excluding steroid dienone is 1. The standard InChI is InChI=1S/C23H33N3O4/c1-29-19-12-18(13-20(14-19)30-2)16-26-11-10-25-23(28)21(26)15-22(27)24-9-8-17-6-4-3-5-7-17/h6,12-14,21H,3-5,7-11,15-16H2,1-2H3,(H,24,27)(H,25,28)/t21-/m1/s1. The van der Waals surface area contributed by atoms with E-state index in [0.29, 0.717) is 37.7 Å². The number of ether oxygens (including phenoxy) is 2. The van der Waals surface area contributed by atoms with E-state index in [1.807, 2.05) is 18.2 Å². The van der Waals surface area contributed by atoms with Crippen LogP contribution in [0.5, 0.6) is 11.5 Å². The van der Waals surface area contributed by atoms with Crippen molar-refractivity contribution in [3.63, 3.8) is 0 Å². The Morgan fingerprint density at radius 1 is 1.20 bits per heavy atom. The minimum absolute atomic E-state index is 0.0818. The average Bonchev–Trinajstić information content (AvgIpc) is 2.76. The van der Waals surface area contributed by atoms with Gasteiger partial charge in [-0.25, -0.2) is 0 Å². The van der Waals surface area contributed by atoms with Crippen molar-refractivity contribution in [1.82, 2.24) is 15.5 Å². The Balaban J connectivity index is 1.58. The summed E-state index contributed by atoms with van der Waals surface area (Å²) in [6.07, 6.45) is 8.15. The summed E-state index contributed by atoms with van der Waals surface area (Å²) in [6, 6.07) is 5.21. The molecule has 0 bridgehead atoms. The van der Waals surface area contributed by atoms with Crippen molar-refractivity contribution in [3.05, 3.63) is 35.4 Å². The molecular weight excluding hydrogens is 382 g/mol. The van der Waals surface area contributed by atoms with Gasteiger partial charge in [-0.3, -0.25) is 14.5 Å². The molecule has 164 valence electrons. The third-order valence-corrected chi connectivity index (χ3v) is 5.77. The van der Waals surface area contributed by atoms with Crippen LogP contribution in [-0.2, 0) is 16.1 Å². The molecule has 7 heteroatoms. The van der Waals surface area contributed by atoms with Crippen molar-refractivity contribution >= 4 is 11.8 Å². The molecule has 1 heterocycles. The molecule has 7 nitrogen and oxygen atoms in total. The quantitative estimate of drug-likeness (QED) is 0.606. The Bertz CT molecular complexity index is 755. The molecule has 0 radical (unpaired) electrons. The summed E-state index contributed by atoms with van der Waals surface area (Å²) < 4.78 is 10.7. The highest BCUT2D eigenvalue weighted by atomic mass is 16.5. The first-order valence-electron chi connectivity index (χ1n) is 10.8. The van der Waals surface area contributed by atoms with E-state index >= 15 is 0 Å². The van der Waals surface area contributed by atoms with Crippen molar-refractivity contribution in [1.29, 1.82) is 0 Å². The van der Waals surface area contributed by atoms with Gasteiger partial charge >= 0.3 is 0 Å². The topological polar surface area (TPSA) is 79.9 Å².